The molecule has 0 bridgehead atoms. The molecule has 0 amide bonds. The molecule has 0 radical (unpaired) electrons. The van der Waals surface area contributed by atoms with Gasteiger partial charge in [-0.05, 0) is 31.8 Å². The molecular formula is C14H24O2. The first-order valence-corrected chi connectivity index (χ1v) is 6.69. The highest BCUT2D eigenvalue weighted by Crippen LogP contribution is 2.15. The molecule has 0 spiro atoms. The standard InChI is InChI=1S/C14H24O2/c1-2-3-4-5-6-7-8-10-13-11-9-12-14(15)16-13/h8,10,13H,2-7,9,11-12H2,1H3/b10-8+. The van der Waals surface area contributed by atoms with Crippen LogP contribution in [0, 0.1) is 0 Å². The number of allylic oxidation sites excluding steroid dienone is 1. The quantitative estimate of drug-likeness (QED) is 0.371. The fourth-order valence-corrected chi connectivity index (χ4v) is 1.98. The Morgan fingerprint density at radius 2 is 2.12 bits per heavy atom. The van der Waals surface area contributed by atoms with Crippen molar-refractivity contribution in [1.82, 2.24) is 0 Å². The number of carbonyl (C=O) groups excluding carboxylic acids is 1. The molecule has 1 aliphatic heterocycles. The number of cyclic esters (lactones) is 1. The second-order valence-corrected chi connectivity index (χ2v) is 4.55. The zero-order valence-corrected chi connectivity index (χ0v) is 10.4. The molecule has 0 aromatic rings. The van der Waals surface area contributed by atoms with Crippen molar-refractivity contribution in [2.24, 2.45) is 0 Å². The number of esters is 1. The largest absolute Gasteiger partial charge is 0.458 e. The summed E-state index contributed by atoms with van der Waals surface area (Å²) in [6.07, 6.45) is 14.6. The van der Waals surface area contributed by atoms with Gasteiger partial charge in [0, 0.05) is 6.42 Å². The van der Waals surface area contributed by atoms with Crippen LogP contribution in [0.4, 0.5) is 0 Å². The first-order chi connectivity index (χ1) is 7.83. The zero-order valence-electron chi connectivity index (χ0n) is 10.4. The molecule has 0 N–H and O–H groups in total. The third-order valence-electron chi connectivity index (χ3n) is 2.98. The van der Waals surface area contributed by atoms with Crippen LogP contribution in [0.5, 0.6) is 0 Å². The minimum absolute atomic E-state index is 0.0381. The van der Waals surface area contributed by atoms with Crippen LogP contribution in [0.3, 0.4) is 0 Å². The number of unbranched alkanes of at least 4 members (excludes halogenated alkanes) is 5. The van der Waals surface area contributed by atoms with Crippen molar-refractivity contribution < 1.29 is 9.53 Å². The van der Waals surface area contributed by atoms with Gasteiger partial charge in [-0.25, -0.2) is 0 Å². The zero-order chi connectivity index (χ0) is 11.6. The van der Waals surface area contributed by atoms with Gasteiger partial charge in [-0.15, -0.1) is 0 Å². The molecule has 0 aromatic heterocycles. The summed E-state index contributed by atoms with van der Waals surface area (Å²) in [6, 6.07) is 0. The van der Waals surface area contributed by atoms with E-state index in [1.807, 2.05) is 0 Å². The Bertz CT molecular complexity index is 221. The van der Waals surface area contributed by atoms with Gasteiger partial charge in [0.1, 0.15) is 6.10 Å². The molecule has 1 saturated heterocycles. The van der Waals surface area contributed by atoms with E-state index < -0.39 is 0 Å². The molecule has 2 nitrogen and oxygen atoms in total. The summed E-state index contributed by atoms with van der Waals surface area (Å²) in [5.74, 6) is -0.0381. The molecular weight excluding hydrogens is 200 g/mol. The van der Waals surface area contributed by atoms with Crippen LogP contribution < -0.4 is 0 Å². The Hall–Kier alpha value is -0.790. The molecule has 1 heterocycles. The minimum atomic E-state index is -0.0381. The summed E-state index contributed by atoms with van der Waals surface area (Å²) in [7, 11) is 0. The first-order valence-electron chi connectivity index (χ1n) is 6.69. The first kappa shape index (κ1) is 13.3. The average molecular weight is 224 g/mol. The third-order valence-corrected chi connectivity index (χ3v) is 2.98. The predicted molar refractivity (Wildman–Crippen MR) is 66.2 cm³/mol. The maximum absolute atomic E-state index is 11.0. The Labute approximate surface area is 99.1 Å². The second kappa shape index (κ2) is 8.37. The van der Waals surface area contributed by atoms with Crippen molar-refractivity contribution in [3.63, 3.8) is 0 Å². The van der Waals surface area contributed by atoms with E-state index in [0.717, 1.165) is 19.3 Å². The van der Waals surface area contributed by atoms with Gasteiger partial charge in [0.25, 0.3) is 0 Å². The summed E-state index contributed by atoms with van der Waals surface area (Å²) in [5.41, 5.74) is 0. The Kier molecular flexibility index (Phi) is 6.95. The van der Waals surface area contributed by atoms with Crippen LogP contribution in [0.15, 0.2) is 12.2 Å². The van der Waals surface area contributed by atoms with Crippen LogP contribution in [0.2, 0.25) is 0 Å². The lowest BCUT2D eigenvalue weighted by molar-refractivity contribution is -0.150. The SMILES string of the molecule is CCCCCCC/C=C/C1CCCC(=O)O1. The van der Waals surface area contributed by atoms with E-state index in [1.54, 1.807) is 0 Å². The van der Waals surface area contributed by atoms with Gasteiger partial charge >= 0.3 is 5.97 Å². The predicted octanol–water partition coefficient (Wildman–Crippen LogP) is 4.00. The normalized spacial score (nSPS) is 21.3. The lowest BCUT2D eigenvalue weighted by atomic mass is 10.1. The van der Waals surface area contributed by atoms with Gasteiger partial charge in [0.15, 0.2) is 0 Å². The highest BCUT2D eigenvalue weighted by Gasteiger charge is 2.16. The Morgan fingerprint density at radius 1 is 1.31 bits per heavy atom. The highest BCUT2D eigenvalue weighted by molar-refractivity contribution is 5.70. The van der Waals surface area contributed by atoms with Crippen molar-refractivity contribution in [3.8, 4) is 0 Å². The van der Waals surface area contributed by atoms with Crippen LogP contribution in [-0.2, 0) is 9.53 Å². The fraction of sp³-hybridized carbons (Fsp3) is 0.786. The smallest absolute Gasteiger partial charge is 0.306 e. The summed E-state index contributed by atoms with van der Waals surface area (Å²) in [4.78, 5) is 11.0. The van der Waals surface area contributed by atoms with E-state index in [1.165, 1.54) is 32.1 Å². The van der Waals surface area contributed by atoms with Gasteiger partial charge in [0.2, 0.25) is 0 Å². The maximum atomic E-state index is 11.0. The topological polar surface area (TPSA) is 26.3 Å². The van der Waals surface area contributed by atoms with Crippen LogP contribution in [0.25, 0.3) is 0 Å². The summed E-state index contributed by atoms with van der Waals surface area (Å²) < 4.78 is 5.21. The molecule has 2 heteroatoms. The monoisotopic (exact) mass is 224 g/mol. The Morgan fingerprint density at radius 3 is 2.88 bits per heavy atom. The van der Waals surface area contributed by atoms with E-state index >= 15 is 0 Å². The molecule has 1 unspecified atom stereocenters. The van der Waals surface area contributed by atoms with Gasteiger partial charge < -0.3 is 4.74 Å². The van der Waals surface area contributed by atoms with Crippen molar-refractivity contribution in [1.29, 1.82) is 0 Å². The van der Waals surface area contributed by atoms with Crippen molar-refractivity contribution in [3.05, 3.63) is 12.2 Å². The average Bonchev–Trinajstić information content (AvgIpc) is 2.28. The second-order valence-electron chi connectivity index (χ2n) is 4.55. The minimum Gasteiger partial charge on any atom is -0.458 e. The number of hydrogen-bond acceptors (Lipinski definition) is 2. The highest BCUT2D eigenvalue weighted by atomic mass is 16.5. The lowest BCUT2D eigenvalue weighted by Gasteiger charge is -2.18. The summed E-state index contributed by atoms with van der Waals surface area (Å²) in [6.45, 7) is 2.23. The molecule has 0 aliphatic carbocycles. The molecule has 0 saturated carbocycles. The molecule has 1 atom stereocenters. The Balaban J connectivity index is 2.00. The summed E-state index contributed by atoms with van der Waals surface area (Å²) in [5, 5.41) is 0. The van der Waals surface area contributed by atoms with E-state index in [2.05, 4.69) is 19.1 Å². The molecule has 16 heavy (non-hydrogen) atoms. The molecule has 0 aromatic carbocycles. The maximum Gasteiger partial charge on any atom is 0.306 e. The van der Waals surface area contributed by atoms with E-state index in [4.69, 9.17) is 4.74 Å². The van der Waals surface area contributed by atoms with E-state index in [-0.39, 0.29) is 12.1 Å². The number of carbonyl (C=O) groups is 1. The van der Waals surface area contributed by atoms with Gasteiger partial charge in [-0.1, -0.05) is 38.7 Å². The number of hydrogen-bond donors (Lipinski definition) is 0. The van der Waals surface area contributed by atoms with Gasteiger partial charge in [-0.2, -0.15) is 0 Å². The molecule has 1 rings (SSSR count). The molecule has 1 fully saturated rings. The van der Waals surface area contributed by atoms with Gasteiger partial charge in [0.05, 0.1) is 0 Å². The van der Waals surface area contributed by atoms with Crippen LogP contribution in [-0.4, -0.2) is 12.1 Å². The number of rotatable bonds is 7. The third kappa shape index (κ3) is 5.94. The van der Waals surface area contributed by atoms with Crippen LogP contribution >= 0.6 is 0 Å². The summed E-state index contributed by atoms with van der Waals surface area (Å²) >= 11 is 0. The molecule has 1 aliphatic rings. The lowest BCUT2D eigenvalue weighted by Crippen LogP contribution is -2.21. The van der Waals surface area contributed by atoms with Crippen molar-refractivity contribution in [2.45, 2.75) is 70.8 Å². The van der Waals surface area contributed by atoms with Crippen molar-refractivity contribution >= 4 is 5.97 Å². The van der Waals surface area contributed by atoms with E-state index in [0.29, 0.717) is 6.42 Å². The van der Waals surface area contributed by atoms with Crippen LogP contribution in [0.1, 0.15) is 64.7 Å². The fourth-order valence-electron chi connectivity index (χ4n) is 1.98. The number of ether oxygens (including phenoxy) is 1. The van der Waals surface area contributed by atoms with Crippen molar-refractivity contribution in [2.75, 3.05) is 0 Å². The van der Waals surface area contributed by atoms with Gasteiger partial charge in [-0.3, -0.25) is 4.79 Å². The van der Waals surface area contributed by atoms with E-state index in [9.17, 15) is 4.79 Å². The molecule has 92 valence electrons.